The third-order valence-electron chi connectivity index (χ3n) is 3.24. The average Bonchev–Trinajstić information content (AvgIpc) is 2.47. The number of aliphatic hydroxyl groups excluding tert-OH is 1. The van der Waals surface area contributed by atoms with Crippen molar-refractivity contribution in [2.75, 3.05) is 7.11 Å². The lowest BCUT2D eigenvalue weighted by molar-refractivity contribution is 0.165. The standard InChI is InChI=1S/C17H20O2/c1-19-17-11-8-14(9-12-17)7-10-16(18)13-15-5-3-2-4-6-15/h2-6,8-9,11-12,16,18H,7,10,13H2,1H3. The van der Waals surface area contributed by atoms with Crippen molar-refractivity contribution in [3.63, 3.8) is 0 Å². The third kappa shape index (κ3) is 4.42. The molecule has 1 atom stereocenters. The molecule has 0 aliphatic heterocycles. The summed E-state index contributed by atoms with van der Waals surface area (Å²) in [5.41, 5.74) is 2.41. The Morgan fingerprint density at radius 3 is 2.26 bits per heavy atom. The molecule has 0 aliphatic carbocycles. The monoisotopic (exact) mass is 256 g/mol. The van der Waals surface area contributed by atoms with E-state index in [4.69, 9.17) is 4.74 Å². The maximum atomic E-state index is 10.0. The molecular weight excluding hydrogens is 236 g/mol. The zero-order valence-corrected chi connectivity index (χ0v) is 11.3. The molecule has 1 N–H and O–H groups in total. The van der Waals surface area contributed by atoms with Crippen LogP contribution in [0.2, 0.25) is 0 Å². The van der Waals surface area contributed by atoms with E-state index in [2.05, 4.69) is 12.1 Å². The second-order valence-corrected chi connectivity index (χ2v) is 4.73. The van der Waals surface area contributed by atoms with Gasteiger partial charge in [-0.1, -0.05) is 42.5 Å². The van der Waals surface area contributed by atoms with E-state index in [1.165, 1.54) is 11.1 Å². The van der Waals surface area contributed by atoms with Crippen LogP contribution in [0.4, 0.5) is 0 Å². The van der Waals surface area contributed by atoms with Gasteiger partial charge in [-0.15, -0.1) is 0 Å². The van der Waals surface area contributed by atoms with Crippen LogP contribution in [-0.4, -0.2) is 18.3 Å². The van der Waals surface area contributed by atoms with E-state index >= 15 is 0 Å². The molecule has 0 aromatic heterocycles. The Bertz CT molecular complexity index is 476. The largest absolute Gasteiger partial charge is 0.497 e. The summed E-state index contributed by atoms with van der Waals surface area (Å²) in [7, 11) is 1.67. The fourth-order valence-corrected chi connectivity index (χ4v) is 2.11. The number of aliphatic hydroxyl groups is 1. The highest BCUT2D eigenvalue weighted by Gasteiger charge is 2.06. The van der Waals surface area contributed by atoms with Crippen molar-refractivity contribution in [3.05, 3.63) is 65.7 Å². The molecule has 2 aromatic carbocycles. The van der Waals surface area contributed by atoms with Gasteiger partial charge in [0.05, 0.1) is 13.2 Å². The number of rotatable bonds is 6. The van der Waals surface area contributed by atoms with Crippen molar-refractivity contribution in [2.45, 2.75) is 25.4 Å². The number of benzene rings is 2. The molecule has 0 radical (unpaired) electrons. The first-order valence-electron chi connectivity index (χ1n) is 6.63. The van der Waals surface area contributed by atoms with E-state index in [0.717, 1.165) is 25.0 Å². The zero-order valence-electron chi connectivity index (χ0n) is 11.3. The first-order valence-corrected chi connectivity index (χ1v) is 6.63. The number of hydrogen-bond acceptors (Lipinski definition) is 2. The predicted octanol–water partition coefficient (Wildman–Crippen LogP) is 3.23. The maximum absolute atomic E-state index is 10.0. The van der Waals surface area contributed by atoms with Crippen molar-refractivity contribution in [2.24, 2.45) is 0 Å². The van der Waals surface area contributed by atoms with E-state index in [9.17, 15) is 5.11 Å². The Morgan fingerprint density at radius 1 is 0.947 bits per heavy atom. The Hall–Kier alpha value is -1.80. The van der Waals surface area contributed by atoms with Gasteiger partial charge in [0.25, 0.3) is 0 Å². The summed E-state index contributed by atoms with van der Waals surface area (Å²) < 4.78 is 5.12. The Labute approximate surface area is 114 Å². The van der Waals surface area contributed by atoms with Gasteiger partial charge in [-0.2, -0.15) is 0 Å². The number of methoxy groups -OCH3 is 1. The summed E-state index contributed by atoms with van der Waals surface area (Å²) >= 11 is 0. The van der Waals surface area contributed by atoms with Crippen LogP contribution < -0.4 is 4.74 Å². The summed E-state index contributed by atoms with van der Waals surface area (Å²) in [6.45, 7) is 0. The van der Waals surface area contributed by atoms with Crippen molar-refractivity contribution in [3.8, 4) is 5.75 Å². The lowest BCUT2D eigenvalue weighted by atomic mass is 10.0. The normalized spacial score (nSPS) is 12.1. The van der Waals surface area contributed by atoms with Gasteiger partial charge in [0, 0.05) is 0 Å². The molecule has 0 heterocycles. The molecule has 2 rings (SSSR count). The van der Waals surface area contributed by atoms with Crippen LogP contribution in [0.3, 0.4) is 0 Å². The van der Waals surface area contributed by atoms with E-state index in [1.54, 1.807) is 7.11 Å². The summed E-state index contributed by atoms with van der Waals surface area (Å²) in [6.07, 6.45) is 2.10. The number of ether oxygens (including phenoxy) is 1. The predicted molar refractivity (Wildman–Crippen MR) is 77.5 cm³/mol. The van der Waals surface area contributed by atoms with E-state index < -0.39 is 0 Å². The molecule has 0 fully saturated rings. The van der Waals surface area contributed by atoms with Crippen LogP contribution in [0.25, 0.3) is 0 Å². The minimum absolute atomic E-state index is 0.287. The molecule has 1 unspecified atom stereocenters. The summed E-state index contributed by atoms with van der Waals surface area (Å²) in [5.74, 6) is 0.869. The molecule has 19 heavy (non-hydrogen) atoms. The molecule has 0 spiro atoms. The minimum Gasteiger partial charge on any atom is -0.497 e. The van der Waals surface area contributed by atoms with Gasteiger partial charge in [-0.25, -0.2) is 0 Å². The molecule has 2 heteroatoms. The molecule has 2 aromatic rings. The SMILES string of the molecule is COc1ccc(CCC(O)Cc2ccccc2)cc1. The number of hydrogen-bond donors (Lipinski definition) is 1. The zero-order chi connectivity index (χ0) is 13.5. The van der Waals surface area contributed by atoms with E-state index in [0.29, 0.717) is 0 Å². The van der Waals surface area contributed by atoms with Crippen LogP contribution >= 0.6 is 0 Å². The molecule has 0 aliphatic rings. The second kappa shape index (κ2) is 6.95. The third-order valence-corrected chi connectivity index (χ3v) is 3.24. The van der Waals surface area contributed by atoms with Crippen molar-refractivity contribution >= 4 is 0 Å². The fraction of sp³-hybridized carbons (Fsp3) is 0.294. The van der Waals surface area contributed by atoms with Gasteiger partial charge in [0.2, 0.25) is 0 Å². The molecule has 0 saturated heterocycles. The molecule has 0 saturated carbocycles. The topological polar surface area (TPSA) is 29.5 Å². The first-order chi connectivity index (χ1) is 9.28. The van der Waals surface area contributed by atoms with Crippen LogP contribution in [-0.2, 0) is 12.8 Å². The maximum Gasteiger partial charge on any atom is 0.118 e. The van der Waals surface area contributed by atoms with Crippen molar-refractivity contribution in [1.29, 1.82) is 0 Å². The van der Waals surface area contributed by atoms with Gasteiger partial charge in [-0.05, 0) is 42.5 Å². The quantitative estimate of drug-likeness (QED) is 0.859. The molecule has 2 nitrogen and oxygen atoms in total. The summed E-state index contributed by atoms with van der Waals surface area (Å²) in [6, 6.07) is 18.1. The van der Waals surface area contributed by atoms with Gasteiger partial charge in [0.15, 0.2) is 0 Å². The number of aryl methyl sites for hydroxylation is 1. The van der Waals surface area contributed by atoms with Crippen LogP contribution in [0.1, 0.15) is 17.5 Å². The van der Waals surface area contributed by atoms with Gasteiger partial charge >= 0.3 is 0 Å². The smallest absolute Gasteiger partial charge is 0.118 e. The van der Waals surface area contributed by atoms with Gasteiger partial charge in [0.1, 0.15) is 5.75 Å². The second-order valence-electron chi connectivity index (χ2n) is 4.73. The van der Waals surface area contributed by atoms with Crippen LogP contribution in [0, 0.1) is 0 Å². The Kier molecular flexibility index (Phi) is 4.99. The molecule has 0 bridgehead atoms. The highest BCUT2D eigenvalue weighted by Crippen LogP contribution is 2.14. The van der Waals surface area contributed by atoms with E-state index in [-0.39, 0.29) is 6.10 Å². The molecular formula is C17H20O2. The highest BCUT2D eigenvalue weighted by atomic mass is 16.5. The molecule has 100 valence electrons. The highest BCUT2D eigenvalue weighted by molar-refractivity contribution is 5.27. The Balaban J connectivity index is 1.81. The fourth-order valence-electron chi connectivity index (χ4n) is 2.11. The average molecular weight is 256 g/mol. The van der Waals surface area contributed by atoms with Crippen molar-refractivity contribution in [1.82, 2.24) is 0 Å². The van der Waals surface area contributed by atoms with Crippen LogP contribution in [0.5, 0.6) is 5.75 Å². The Morgan fingerprint density at radius 2 is 1.63 bits per heavy atom. The van der Waals surface area contributed by atoms with Gasteiger partial charge < -0.3 is 9.84 Å². The molecule has 0 amide bonds. The lowest BCUT2D eigenvalue weighted by Crippen LogP contribution is -2.11. The van der Waals surface area contributed by atoms with E-state index in [1.807, 2.05) is 42.5 Å². The first kappa shape index (κ1) is 13.6. The summed E-state index contributed by atoms with van der Waals surface area (Å²) in [4.78, 5) is 0. The lowest BCUT2D eigenvalue weighted by Gasteiger charge is -2.11. The van der Waals surface area contributed by atoms with Crippen molar-refractivity contribution < 1.29 is 9.84 Å². The van der Waals surface area contributed by atoms with Gasteiger partial charge in [-0.3, -0.25) is 0 Å². The minimum atomic E-state index is -0.287. The summed E-state index contributed by atoms with van der Waals surface area (Å²) in [5, 5.41) is 10.0. The van der Waals surface area contributed by atoms with Crippen LogP contribution in [0.15, 0.2) is 54.6 Å².